The lowest BCUT2D eigenvalue weighted by Gasteiger charge is -2.17. The number of aromatic nitrogens is 1. The van der Waals surface area contributed by atoms with E-state index in [1.807, 2.05) is 20.8 Å². The van der Waals surface area contributed by atoms with Crippen molar-refractivity contribution in [2.45, 2.75) is 53.8 Å². The lowest BCUT2D eigenvalue weighted by atomic mass is 9.92. The van der Waals surface area contributed by atoms with Gasteiger partial charge in [0.2, 0.25) is 5.91 Å². The number of esters is 1. The number of nitrogens with one attached hydrogen (secondary N) is 1. The predicted molar refractivity (Wildman–Crippen MR) is 127 cm³/mol. The molecule has 2 rings (SSSR count). The van der Waals surface area contributed by atoms with Crippen LogP contribution in [0.2, 0.25) is 0 Å². The van der Waals surface area contributed by atoms with Crippen LogP contribution in [-0.2, 0) is 21.1 Å². The molecule has 0 aliphatic carbocycles. The van der Waals surface area contributed by atoms with Crippen LogP contribution >= 0.6 is 23.7 Å². The van der Waals surface area contributed by atoms with Crippen molar-refractivity contribution in [2.75, 3.05) is 5.32 Å². The van der Waals surface area contributed by atoms with E-state index < -0.39 is 41.1 Å². The normalized spacial score (nSPS) is 12.8. The van der Waals surface area contributed by atoms with E-state index in [4.69, 9.17) is 10.5 Å². The first-order valence-corrected chi connectivity index (χ1v) is 11.1. The Morgan fingerprint density at radius 3 is 2.32 bits per heavy atom. The van der Waals surface area contributed by atoms with Gasteiger partial charge in [-0.15, -0.1) is 23.7 Å². The summed E-state index contributed by atoms with van der Waals surface area (Å²) in [6, 6.07) is 0.822. The van der Waals surface area contributed by atoms with Gasteiger partial charge in [0.1, 0.15) is 11.7 Å². The Labute approximate surface area is 206 Å². The van der Waals surface area contributed by atoms with Crippen LogP contribution in [0.3, 0.4) is 0 Å². The molecule has 2 aromatic rings. The molecule has 2 amide bonds. The maximum atomic E-state index is 14.5. The van der Waals surface area contributed by atoms with E-state index in [1.54, 1.807) is 25.4 Å². The Hall–Kier alpha value is -2.63. The maximum Gasteiger partial charge on any atom is 0.324 e. The number of ether oxygens (including phenoxy) is 1. The third kappa shape index (κ3) is 8.30. The zero-order valence-corrected chi connectivity index (χ0v) is 21.2. The average molecular weight is 519 g/mol. The van der Waals surface area contributed by atoms with E-state index in [0.29, 0.717) is 0 Å². The zero-order chi connectivity index (χ0) is 24.9. The molecule has 12 heteroatoms. The molecule has 1 atom stereocenters. The Balaban J connectivity index is 0.00000578. The molecule has 0 aliphatic rings. The molecule has 3 N–H and O–H groups in total. The molecular formula is C22H29ClF2N4O4S. The number of carbonyl (C=O) groups is 3. The fourth-order valence-electron chi connectivity index (χ4n) is 2.62. The van der Waals surface area contributed by atoms with Gasteiger partial charge < -0.3 is 15.8 Å². The highest BCUT2D eigenvalue weighted by molar-refractivity contribution is 7.07. The van der Waals surface area contributed by atoms with Crippen LogP contribution in [0.15, 0.2) is 28.7 Å². The Morgan fingerprint density at radius 2 is 1.79 bits per heavy atom. The second-order valence-corrected chi connectivity index (χ2v) is 9.91. The quantitative estimate of drug-likeness (QED) is 0.540. The van der Waals surface area contributed by atoms with Crippen molar-refractivity contribution in [1.82, 2.24) is 4.57 Å². The molecule has 1 unspecified atom stereocenters. The summed E-state index contributed by atoms with van der Waals surface area (Å²) in [5.74, 6) is -4.34. The molecule has 1 aromatic carbocycles. The lowest BCUT2D eigenvalue weighted by Crippen LogP contribution is -2.37. The summed E-state index contributed by atoms with van der Waals surface area (Å²) in [6.07, 6.45) is 1.60. The van der Waals surface area contributed by atoms with E-state index in [9.17, 15) is 23.2 Å². The molecule has 188 valence electrons. The summed E-state index contributed by atoms with van der Waals surface area (Å²) >= 11 is 1.07. The third-order valence-corrected chi connectivity index (χ3v) is 5.23. The van der Waals surface area contributed by atoms with Gasteiger partial charge in [-0.25, -0.2) is 8.78 Å². The van der Waals surface area contributed by atoms with Crippen molar-refractivity contribution >= 4 is 47.2 Å². The van der Waals surface area contributed by atoms with Gasteiger partial charge in [-0.05, 0) is 23.5 Å². The number of nitrogens with zero attached hydrogens (tertiary/aromatic N) is 2. The number of nitrogens with two attached hydrogens (primary N) is 1. The van der Waals surface area contributed by atoms with Gasteiger partial charge in [-0.1, -0.05) is 34.6 Å². The van der Waals surface area contributed by atoms with E-state index in [2.05, 4.69) is 10.3 Å². The molecule has 1 aromatic heterocycles. The zero-order valence-electron chi connectivity index (χ0n) is 19.6. The fourth-order valence-corrected chi connectivity index (χ4v) is 3.33. The molecule has 0 spiro atoms. The van der Waals surface area contributed by atoms with Crippen molar-refractivity contribution in [3.05, 3.63) is 45.7 Å². The monoisotopic (exact) mass is 518 g/mol. The molecule has 8 nitrogen and oxygen atoms in total. The molecule has 1 heterocycles. The van der Waals surface area contributed by atoms with E-state index in [-0.39, 0.29) is 47.3 Å². The van der Waals surface area contributed by atoms with Crippen LogP contribution in [0.25, 0.3) is 0 Å². The predicted octanol–water partition coefficient (Wildman–Crippen LogP) is 3.85. The largest absolute Gasteiger partial charge is 0.443 e. The second-order valence-electron chi connectivity index (χ2n) is 9.04. The number of carbonyl (C=O) groups excluding carboxylic acids is 3. The van der Waals surface area contributed by atoms with Crippen LogP contribution in [0.1, 0.15) is 51.4 Å². The SMILES string of the molecule is CC(C)C(N)C(=O)OCn1ccs/c1=N\C(=O)c1cc(F)c(NC(=O)CC(C)(C)C)c(F)c1.Cl. The lowest BCUT2D eigenvalue weighted by molar-refractivity contribution is -0.150. The summed E-state index contributed by atoms with van der Waals surface area (Å²) in [7, 11) is 0. The second kappa shape index (κ2) is 12.2. The van der Waals surface area contributed by atoms with Crippen LogP contribution in [0.5, 0.6) is 0 Å². The van der Waals surface area contributed by atoms with Crippen LogP contribution in [0.4, 0.5) is 14.5 Å². The third-order valence-electron chi connectivity index (χ3n) is 4.44. The minimum atomic E-state index is -1.09. The fraction of sp³-hybridized carbons (Fsp3) is 0.455. The highest BCUT2D eigenvalue weighted by Crippen LogP contribution is 2.24. The molecule has 34 heavy (non-hydrogen) atoms. The number of hydrogen-bond acceptors (Lipinski definition) is 6. The minimum Gasteiger partial charge on any atom is -0.443 e. The van der Waals surface area contributed by atoms with Gasteiger partial charge in [-0.2, -0.15) is 4.99 Å². The van der Waals surface area contributed by atoms with Gasteiger partial charge >= 0.3 is 5.97 Å². The summed E-state index contributed by atoms with van der Waals surface area (Å²) in [5, 5.41) is 3.82. The van der Waals surface area contributed by atoms with Crippen LogP contribution in [-0.4, -0.2) is 28.4 Å². The molecule has 0 saturated carbocycles. The summed E-state index contributed by atoms with van der Waals surface area (Å²) in [5.41, 5.74) is 4.41. The topological polar surface area (TPSA) is 116 Å². The van der Waals surface area contributed by atoms with Crippen molar-refractivity contribution in [2.24, 2.45) is 22.1 Å². The Morgan fingerprint density at radius 1 is 1.21 bits per heavy atom. The van der Waals surface area contributed by atoms with Gasteiger partial charge in [0, 0.05) is 23.6 Å². The van der Waals surface area contributed by atoms with Gasteiger partial charge in [0.15, 0.2) is 23.2 Å². The standard InChI is InChI=1S/C22H28F2N4O4S.ClH/c1-12(2)17(25)20(31)32-11-28-6-7-33-21(28)27-19(30)13-8-14(23)18(15(24)9-13)26-16(29)10-22(3,4)5;/h6-9,12,17H,10-11,25H2,1-5H3,(H,26,29);1H/b27-21-;. The number of anilines is 1. The molecule has 0 radical (unpaired) electrons. The average Bonchev–Trinajstić information content (AvgIpc) is 3.13. The van der Waals surface area contributed by atoms with Crippen molar-refractivity contribution < 1.29 is 27.9 Å². The molecular weight excluding hydrogens is 490 g/mol. The van der Waals surface area contributed by atoms with E-state index >= 15 is 0 Å². The number of benzene rings is 1. The first kappa shape index (κ1) is 29.4. The number of hydrogen-bond donors (Lipinski definition) is 2. The highest BCUT2D eigenvalue weighted by Gasteiger charge is 2.21. The number of rotatable bonds is 7. The van der Waals surface area contributed by atoms with Gasteiger partial charge in [0.05, 0.1) is 0 Å². The smallest absolute Gasteiger partial charge is 0.324 e. The number of halogens is 3. The Kier molecular flexibility index (Phi) is 10.5. The summed E-state index contributed by atoms with van der Waals surface area (Å²) in [4.78, 5) is 40.5. The minimum absolute atomic E-state index is 0. The Bertz CT molecular complexity index is 1090. The molecule has 0 bridgehead atoms. The van der Waals surface area contributed by atoms with Gasteiger partial charge in [-0.3, -0.25) is 19.0 Å². The van der Waals surface area contributed by atoms with Gasteiger partial charge in [0.25, 0.3) is 5.91 Å². The van der Waals surface area contributed by atoms with Crippen LogP contribution < -0.4 is 15.9 Å². The maximum absolute atomic E-state index is 14.5. The number of amides is 2. The first-order chi connectivity index (χ1) is 15.3. The molecule has 0 fully saturated rings. The first-order valence-electron chi connectivity index (χ1n) is 10.2. The number of thiazole rings is 1. The van der Waals surface area contributed by atoms with Crippen molar-refractivity contribution in [3.8, 4) is 0 Å². The summed E-state index contributed by atoms with van der Waals surface area (Å²) < 4.78 is 35.4. The summed E-state index contributed by atoms with van der Waals surface area (Å²) in [6.45, 7) is 8.79. The highest BCUT2D eigenvalue weighted by atomic mass is 35.5. The molecule has 0 saturated heterocycles. The molecule has 0 aliphatic heterocycles. The van der Waals surface area contributed by atoms with Crippen LogP contribution in [0, 0.1) is 23.0 Å². The van der Waals surface area contributed by atoms with Crippen molar-refractivity contribution in [1.29, 1.82) is 0 Å². The van der Waals surface area contributed by atoms with E-state index in [0.717, 1.165) is 23.5 Å². The van der Waals surface area contributed by atoms with Crippen molar-refractivity contribution in [3.63, 3.8) is 0 Å². The van der Waals surface area contributed by atoms with E-state index in [1.165, 1.54) is 4.57 Å².